The Bertz CT molecular complexity index is 1280. The van der Waals surface area contributed by atoms with E-state index in [-0.39, 0.29) is 23.0 Å². The molecule has 0 aliphatic carbocycles. The van der Waals surface area contributed by atoms with Gasteiger partial charge in [-0.05, 0) is 23.1 Å². The summed E-state index contributed by atoms with van der Waals surface area (Å²) in [6, 6.07) is 12.8. The lowest BCUT2D eigenvalue weighted by molar-refractivity contribution is -0.0794. The maximum absolute atomic E-state index is 15.3. The molecule has 1 N–H and O–H groups in total. The molecule has 34 heavy (non-hydrogen) atoms. The largest absolute Gasteiger partial charge is 0.436 e. The van der Waals surface area contributed by atoms with Gasteiger partial charge < -0.3 is 9.64 Å². The molecule has 1 saturated heterocycles. The average Bonchev–Trinajstić information content (AvgIpc) is 3.23. The van der Waals surface area contributed by atoms with Gasteiger partial charge in [-0.3, -0.25) is 14.8 Å². The number of hydrogen-bond donors (Lipinski definition) is 1. The van der Waals surface area contributed by atoms with Gasteiger partial charge in [-0.25, -0.2) is 9.18 Å². The van der Waals surface area contributed by atoms with E-state index < -0.39 is 22.9 Å². The molecular formula is C25H24ClFN4O3. The van der Waals surface area contributed by atoms with E-state index in [4.69, 9.17) is 16.3 Å². The predicted octanol–water partition coefficient (Wildman–Crippen LogP) is 5.05. The monoisotopic (exact) mass is 482 g/mol. The number of fused-ring (bicyclic) bond motifs is 2. The van der Waals surface area contributed by atoms with E-state index in [9.17, 15) is 9.59 Å². The van der Waals surface area contributed by atoms with Gasteiger partial charge >= 0.3 is 6.09 Å². The van der Waals surface area contributed by atoms with Crippen molar-refractivity contribution >= 4 is 29.3 Å². The van der Waals surface area contributed by atoms with Crippen LogP contribution in [0.1, 0.15) is 41.8 Å². The Labute approximate surface area is 201 Å². The SMILES string of the molecule is CC1(C)CN(C(=O)c2cnn(Cc3ccccc3)c2)C[C@]2(C1)OC(=O)Nc1ccc(Cl)c(F)c12. The number of aromatic nitrogens is 2. The number of carbonyl (C=O) groups is 2. The van der Waals surface area contributed by atoms with E-state index >= 15 is 4.39 Å². The highest BCUT2D eigenvalue weighted by Gasteiger charge is 2.53. The average molecular weight is 483 g/mol. The smallest absolute Gasteiger partial charge is 0.412 e. The number of carbonyl (C=O) groups excluding carboxylic acids is 2. The Morgan fingerprint density at radius 1 is 1.21 bits per heavy atom. The van der Waals surface area contributed by atoms with E-state index in [0.717, 1.165) is 5.56 Å². The van der Waals surface area contributed by atoms with Crippen LogP contribution in [0.4, 0.5) is 14.9 Å². The number of piperidine rings is 1. The molecule has 1 spiro atoms. The van der Waals surface area contributed by atoms with Crippen LogP contribution in [0.5, 0.6) is 0 Å². The van der Waals surface area contributed by atoms with Gasteiger partial charge in [0, 0.05) is 19.2 Å². The minimum absolute atomic E-state index is 0.0107. The van der Waals surface area contributed by atoms with Crippen molar-refractivity contribution in [2.75, 3.05) is 18.4 Å². The Hall–Kier alpha value is -3.39. The lowest BCUT2D eigenvalue weighted by Gasteiger charge is -2.50. The number of hydrogen-bond acceptors (Lipinski definition) is 4. The van der Waals surface area contributed by atoms with E-state index in [2.05, 4.69) is 10.4 Å². The third-order valence-corrected chi connectivity index (χ3v) is 6.55. The van der Waals surface area contributed by atoms with Gasteiger partial charge in [0.2, 0.25) is 0 Å². The van der Waals surface area contributed by atoms with Crippen molar-refractivity contribution in [2.24, 2.45) is 5.41 Å². The molecule has 1 fully saturated rings. The van der Waals surface area contributed by atoms with Crippen LogP contribution < -0.4 is 5.32 Å². The molecule has 5 rings (SSSR count). The Kier molecular flexibility index (Phi) is 5.36. The predicted molar refractivity (Wildman–Crippen MR) is 125 cm³/mol. The molecule has 9 heteroatoms. The number of nitrogens with one attached hydrogen (secondary N) is 1. The molecule has 2 aromatic carbocycles. The fraction of sp³-hybridized carbons (Fsp3) is 0.320. The van der Waals surface area contributed by atoms with Crippen molar-refractivity contribution in [1.82, 2.24) is 14.7 Å². The molecule has 2 amide bonds. The number of halogens is 2. The first-order valence-electron chi connectivity index (χ1n) is 11.0. The fourth-order valence-electron chi connectivity index (χ4n) is 5.12. The summed E-state index contributed by atoms with van der Waals surface area (Å²) in [5.74, 6) is -0.912. The van der Waals surface area contributed by atoms with Crippen molar-refractivity contribution in [1.29, 1.82) is 0 Å². The molecule has 0 saturated carbocycles. The zero-order valence-electron chi connectivity index (χ0n) is 18.8. The highest BCUT2D eigenvalue weighted by molar-refractivity contribution is 6.31. The van der Waals surface area contributed by atoms with Gasteiger partial charge in [-0.15, -0.1) is 0 Å². The second-order valence-corrected chi connectivity index (χ2v) is 10.1. The molecule has 3 aromatic rings. The molecular weight excluding hydrogens is 459 g/mol. The van der Waals surface area contributed by atoms with Crippen LogP contribution in [0.25, 0.3) is 0 Å². The standard InChI is InChI=1S/C25H24ClFN4O3/c1-24(2)13-25(20-19(29-23(33)34-25)9-8-18(26)21(20)27)15-30(14-24)22(32)17-10-28-31(12-17)11-16-6-4-3-5-7-16/h3-10,12H,11,13-15H2,1-2H3,(H,29,33)/t25-/m0/s1. The highest BCUT2D eigenvalue weighted by atomic mass is 35.5. The van der Waals surface area contributed by atoms with Crippen molar-refractivity contribution in [3.63, 3.8) is 0 Å². The summed E-state index contributed by atoms with van der Waals surface area (Å²) in [5.41, 5.74) is 0.134. The summed E-state index contributed by atoms with van der Waals surface area (Å²) in [5, 5.41) is 6.82. The molecule has 7 nitrogen and oxygen atoms in total. The number of likely N-dealkylation sites (tertiary alicyclic amines) is 1. The van der Waals surface area contributed by atoms with Gasteiger partial charge in [0.1, 0.15) is 0 Å². The number of rotatable bonds is 3. The van der Waals surface area contributed by atoms with E-state index in [1.165, 1.54) is 12.3 Å². The molecule has 0 radical (unpaired) electrons. The second kappa shape index (κ2) is 8.13. The summed E-state index contributed by atoms with van der Waals surface area (Å²) in [7, 11) is 0. The van der Waals surface area contributed by atoms with E-state index in [1.54, 1.807) is 21.8 Å². The number of amides is 2. The normalized spacial score (nSPS) is 21.1. The molecule has 3 heterocycles. The van der Waals surface area contributed by atoms with Crippen molar-refractivity contribution in [3.8, 4) is 0 Å². The number of ether oxygens (including phenoxy) is 1. The van der Waals surface area contributed by atoms with Crippen molar-refractivity contribution in [3.05, 3.63) is 82.4 Å². The molecule has 2 aliphatic heterocycles. The van der Waals surface area contributed by atoms with Crippen LogP contribution in [0.3, 0.4) is 0 Å². The van der Waals surface area contributed by atoms with Crippen LogP contribution in [0.15, 0.2) is 54.9 Å². The van der Waals surface area contributed by atoms with Crippen molar-refractivity contribution in [2.45, 2.75) is 32.4 Å². The van der Waals surface area contributed by atoms with Crippen molar-refractivity contribution < 1.29 is 18.7 Å². The zero-order chi connectivity index (χ0) is 24.1. The maximum Gasteiger partial charge on any atom is 0.412 e. The lowest BCUT2D eigenvalue weighted by Crippen LogP contribution is -2.58. The van der Waals surface area contributed by atoms with Crippen LogP contribution in [-0.2, 0) is 16.9 Å². The quantitative estimate of drug-likeness (QED) is 0.566. The summed E-state index contributed by atoms with van der Waals surface area (Å²) in [6.45, 7) is 4.89. The van der Waals surface area contributed by atoms with Gasteiger partial charge in [-0.1, -0.05) is 55.8 Å². The van der Waals surface area contributed by atoms with E-state index in [0.29, 0.717) is 30.8 Å². The minimum Gasteiger partial charge on any atom is -0.436 e. The zero-order valence-corrected chi connectivity index (χ0v) is 19.6. The van der Waals surface area contributed by atoms with Crippen LogP contribution in [-0.4, -0.2) is 39.8 Å². The molecule has 1 aromatic heterocycles. The topological polar surface area (TPSA) is 76.5 Å². The first kappa shape index (κ1) is 22.4. The maximum atomic E-state index is 15.3. The first-order valence-corrected chi connectivity index (χ1v) is 11.4. The number of anilines is 1. The lowest BCUT2D eigenvalue weighted by atomic mass is 9.71. The number of benzene rings is 2. The summed E-state index contributed by atoms with van der Waals surface area (Å²) >= 11 is 6.08. The molecule has 2 aliphatic rings. The highest BCUT2D eigenvalue weighted by Crippen LogP contribution is 2.49. The molecule has 176 valence electrons. The molecule has 1 atom stereocenters. The second-order valence-electron chi connectivity index (χ2n) is 9.71. The van der Waals surface area contributed by atoms with Gasteiger partial charge in [0.25, 0.3) is 5.91 Å². The van der Waals surface area contributed by atoms with Gasteiger partial charge in [0.05, 0.1) is 41.1 Å². The minimum atomic E-state index is -1.36. The third kappa shape index (κ3) is 4.03. The Morgan fingerprint density at radius 2 is 1.97 bits per heavy atom. The first-order chi connectivity index (χ1) is 16.2. The van der Waals surface area contributed by atoms with Crippen LogP contribution in [0.2, 0.25) is 5.02 Å². The molecule has 0 unspecified atom stereocenters. The van der Waals surface area contributed by atoms with Crippen LogP contribution in [0, 0.1) is 11.2 Å². The van der Waals surface area contributed by atoms with Crippen LogP contribution >= 0.6 is 11.6 Å². The summed E-state index contributed by atoms with van der Waals surface area (Å²) in [4.78, 5) is 27.6. The van der Waals surface area contributed by atoms with E-state index in [1.807, 2.05) is 44.2 Å². The number of nitrogens with zero attached hydrogens (tertiary/aromatic N) is 3. The molecule has 0 bridgehead atoms. The van der Waals surface area contributed by atoms with Gasteiger partial charge in [0.15, 0.2) is 11.4 Å². The fourth-order valence-corrected chi connectivity index (χ4v) is 5.28. The van der Waals surface area contributed by atoms with Gasteiger partial charge in [-0.2, -0.15) is 5.10 Å². The summed E-state index contributed by atoms with van der Waals surface area (Å²) in [6.07, 6.45) is 2.88. The Morgan fingerprint density at radius 3 is 2.74 bits per heavy atom. The summed E-state index contributed by atoms with van der Waals surface area (Å²) < 4.78 is 22.7. The Balaban J connectivity index is 1.48. The third-order valence-electron chi connectivity index (χ3n) is 6.26.